The number of benzene rings is 1. The van der Waals surface area contributed by atoms with Crippen LogP contribution in [0.15, 0.2) is 46.0 Å². The molecule has 0 fully saturated rings. The molecule has 2 aliphatic rings. The number of ether oxygens (including phenoxy) is 3. The van der Waals surface area contributed by atoms with Gasteiger partial charge in [-0.15, -0.1) is 0 Å². The average Bonchev–Trinajstić information content (AvgIpc) is 3.03. The number of fused-ring (bicyclic) bond motifs is 1. The van der Waals surface area contributed by atoms with Gasteiger partial charge in [-0.1, -0.05) is 11.8 Å². The third-order valence-electron chi connectivity index (χ3n) is 4.00. The van der Waals surface area contributed by atoms with E-state index in [1.165, 1.54) is 0 Å². The zero-order valence-electron chi connectivity index (χ0n) is 14.8. The number of esters is 1. The lowest BCUT2D eigenvalue weighted by molar-refractivity contribution is -0.143. The summed E-state index contributed by atoms with van der Waals surface area (Å²) in [5.41, 5.74) is 1.85. The highest BCUT2D eigenvalue weighted by molar-refractivity contribution is 8.06. The summed E-state index contributed by atoms with van der Waals surface area (Å²) in [6.07, 6.45) is 1.60. The fraction of sp³-hybridized carbons (Fsp3) is 0.421. The third-order valence-corrected chi connectivity index (χ3v) is 5.08. The average molecular weight is 361 g/mol. The Kier molecular flexibility index (Phi) is 5.58. The maximum Gasteiger partial charge on any atom is 0.336 e. The van der Waals surface area contributed by atoms with Crippen molar-refractivity contribution in [2.45, 2.75) is 32.8 Å². The molecule has 1 aromatic rings. The van der Waals surface area contributed by atoms with Crippen molar-refractivity contribution in [1.29, 1.82) is 0 Å². The molecule has 0 spiro atoms. The van der Waals surface area contributed by atoms with Gasteiger partial charge in [0.05, 0.1) is 29.5 Å². The number of rotatable bonds is 6. The second-order valence-electron chi connectivity index (χ2n) is 6.18. The number of carbonyl (C=O) groups is 1. The molecule has 3 rings (SSSR count). The van der Waals surface area contributed by atoms with Crippen molar-refractivity contribution in [2.24, 2.45) is 0 Å². The van der Waals surface area contributed by atoms with Crippen LogP contribution in [0.2, 0.25) is 0 Å². The van der Waals surface area contributed by atoms with Crippen LogP contribution in [-0.2, 0) is 9.53 Å². The fourth-order valence-corrected chi connectivity index (χ4v) is 3.90. The lowest BCUT2D eigenvalue weighted by Crippen LogP contribution is -2.29. The van der Waals surface area contributed by atoms with Gasteiger partial charge in [-0.25, -0.2) is 4.79 Å². The van der Waals surface area contributed by atoms with E-state index in [2.05, 4.69) is 10.3 Å². The zero-order valence-corrected chi connectivity index (χ0v) is 15.6. The molecule has 0 bridgehead atoms. The van der Waals surface area contributed by atoms with Gasteiger partial charge in [0.15, 0.2) is 0 Å². The van der Waals surface area contributed by atoms with E-state index >= 15 is 0 Å². The topological polar surface area (TPSA) is 48.0 Å². The molecule has 0 radical (unpaired) electrons. The Labute approximate surface area is 152 Å². The van der Waals surface area contributed by atoms with Gasteiger partial charge in [-0.3, -0.25) is 0 Å². The van der Waals surface area contributed by atoms with E-state index < -0.39 is 0 Å². The summed E-state index contributed by atoms with van der Waals surface area (Å²) in [4.78, 5) is 14.5. The molecular weight excluding hydrogens is 338 g/mol. The molecule has 0 aromatic heterocycles. The Morgan fingerprint density at radius 1 is 1.24 bits per heavy atom. The lowest BCUT2D eigenvalue weighted by atomic mass is 10.1. The summed E-state index contributed by atoms with van der Waals surface area (Å²) in [5.74, 6) is 1.39. The van der Waals surface area contributed by atoms with Gasteiger partial charge < -0.3 is 19.1 Å². The van der Waals surface area contributed by atoms with E-state index in [4.69, 9.17) is 14.2 Å². The molecule has 0 saturated carbocycles. The third kappa shape index (κ3) is 4.12. The van der Waals surface area contributed by atoms with Crippen molar-refractivity contribution in [3.63, 3.8) is 0 Å². The number of hydrogen-bond acceptors (Lipinski definition) is 6. The summed E-state index contributed by atoms with van der Waals surface area (Å²) < 4.78 is 16.4. The van der Waals surface area contributed by atoms with Crippen molar-refractivity contribution in [3.05, 3.63) is 46.0 Å². The van der Waals surface area contributed by atoms with Crippen molar-refractivity contribution >= 4 is 17.7 Å². The summed E-state index contributed by atoms with van der Waals surface area (Å²) >= 11 is 1.58. The normalized spacial score (nSPS) is 16.6. The highest BCUT2D eigenvalue weighted by Gasteiger charge is 2.31. The van der Waals surface area contributed by atoms with Crippen LogP contribution in [0.3, 0.4) is 0 Å². The minimum Gasteiger partial charge on any atom is -0.497 e. The predicted molar refractivity (Wildman–Crippen MR) is 98.4 cm³/mol. The van der Waals surface area contributed by atoms with Crippen LogP contribution < -0.4 is 9.47 Å². The van der Waals surface area contributed by atoms with Gasteiger partial charge >= 0.3 is 5.97 Å². The number of nitrogens with zero attached hydrogens (tertiary/aromatic N) is 1. The van der Waals surface area contributed by atoms with Gasteiger partial charge in [-0.2, -0.15) is 0 Å². The molecule has 134 valence electrons. The molecule has 1 aromatic carbocycles. The Balaban J connectivity index is 1.65. The van der Waals surface area contributed by atoms with Crippen molar-refractivity contribution < 1.29 is 19.0 Å². The molecular formula is C19H23NO4S. The Morgan fingerprint density at radius 2 is 1.96 bits per heavy atom. The molecule has 5 nitrogen and oxygen atoms in total. The number of thioether (sulfide) groups is 1. The van der Waals surface area contributed by atoms with Gasteiger partial charge in [0, 0.05) is 12.0 Å². The van der Waals surface area contributed by atoms with E-state index in [9.17, 15) is 4.79 Å². The van der Waals surface area contributed by atoms with Crippen LogP contribution in [0.1, 0.15) is 26.7 Å². The van der Waals surface area contributed by atoms with Crippen molar-refractivity contribution in [3.8, 4) is 11.5 Å². The molecule has 0 amide bonds. The molecule has 2 aliphatic heterocycles. The number of hydrogen-bond donors (Lipinski definition) is 0. The molecule has 0 saturated heterocycles. The monoisotopic (exact) mass is 361 g/mol. The van der Waals surface area contributed by atoms with Gasteiger partial charge in [0.1, 0.15) is 18.1 Å². The van der Waals surface area contributed by atoms with E-state index in [0.717, 1.165) is 47.2 Å². The van der Waals surface area contributed by atoms with E-state index in [-0.39, 0.29) is 12.1 Å². The van der Waals surface area contributed by atoms with Crippen LogP contribution in [0.25, 0.3) is 0 Å². The summed E-state index contributed by atoms with van der Waals surface area (Å²) in [5, 5.41) is 3.05. The Hall–Kier alpha value is -2.08. The maximum absolute atomic E-state index is 12.3. The minimum atomic E-state index is -0.201. The summed E-state index contributed by atoms with van der Waals surface area (Å²) in [6, 6.07) is 7.53. The van der Waals surface area contributed by atoms with Crippen LogP contribution >= 0.6 is 11.8 Å². The van der Waals surface area contributed by atoms with Gasteiger partial charge in [-0.05, 0) is 51.0 Å². The molecule has 2 heterocycles. The molecule has 0 atom stereocenters. The zero-order chi connectivity index (χ0) is 17.8. The first-order valence-corrected chi connectivity index (χ1v) is 9.30. The lowest BCUT2D eigenvalue weighted by Gasteiger charge is -2.29. The second kappa shape index (κ2) is 7.87. The van der Waals surface area contributed by atoms with Crippen LogP contribution in [-0.4, -0.2) is 37.2 Å². The van der Waals surface area contributed by atoms with Gasteiger partial charge in [0.2, 0.25) is 0 Å². The SMILES string of the molecule is COc1ccc(OCC2=CSC3=C(C(=O)OC(C)C)CCCN23)cc1. The van der Waals surface area contributed by atoms with E-state index in [0.29, 0.717) is 6.61 Å². The first-order valence-electron chi connectivity index (χ1n) is 8.42. The summed E-state index contributed by atoms with van der Waals surface area (Å²) in [6.45, 7) is 5.11. The first-order chi connectivity index (χ1) is 12.1. The highest BCUT2D eigenvalue weighted by Crippen LogP contribution is 2.41. The van der Waals surface area contributed by atoms with E-state index in [1.54, 1.807) is 18.9 Å². The van der Waals surface area contributed by atoms with Crippen molar-refractivity contribution in [2.75, 3.05) is 20.3 Å². The first kappa shape index (κ1) is 17.7. The number of methoxy groups -OCH3 is 1. The fourth-order valence-electron chi connectivity index (χ4n) is 2.80. The van der Waals surface area contributed by atoms with Gasteiger partial charge in [0.25, 0.3) is 0 Å². The van der Waals surface area contributed by atoms with E-state index in [1.807, 2.05) is 38.1 Å². The summed E-state index contributed by atoms with van der Waals surface area (Å²) in [7, 11) is 1.64. The highest BCUT2D eigenvalue weighted by atomic mass is 32.2. The minimum absolute atomic E-state index is 0.104. The maximum atomic E-state index is 12.3. The molecule has 0 aliphatic carbocycles. The Bertz CT molecular complexity index is 694. The predicted octanol–water partition coefficient (Wildman–Crippen LogP) is 3.92. The van der Waals surface area contributed by atoms with Crippen LogP contribution in [0.5, 0.6) is 11.5 Å². The standard InChI is InChI=1S/C19H23NO4S/c1-13(2)24-19(21)17-5-4-10-20-14(12-25-18(17)20)11-23-16-8-6-15(22-3)7-9-16/h6-9,12-13H,4-5,10-11H2,1-3H3. The smallest absolute Gasteiger partial charge is 0.336 e. The van der Waals surface area contributed by atoms with Crippen molar-refractivity contribution in [1.82, 2.24) is 4.90 Å². The molecule has 0 unspecified atom stereocenters. The van der Waals surface area contributed by atoms with Crippen LogP contribution in [0, 0.1) is 0 Å². The largest absolute Gasteiger partial charge is 0.497 e. The molecule has 0 N–H and O–H groups in total. The quantitative estimate of drug-likeness (QED) is 0.716. The Morgan fingerprint density at radius 3 is 2.64 bits per heavy atom. The van der Waals surface area contributed by atoms with Crippen LogP contribution in [0.4, 0.5) is 0 Å². The number of carbonyl (C=O) groups excluding carboxylic acids is 1. The molecule has 6 heteroatoms. The second-order valence-corrected chi connectivity index (χ2v) is 7.04. The molecule has 25 heavy (non-hydrogen) atoms.